The SMILES string of the molecule is CCc1cc(COc2c(F)cccc2CN)n(C)n1. The number of aryl methyl sites for hydroxylation is 2. The fourth-order valence-corrected chi connectivity index (χ4v) is 1.90. The van der Waals surface area contributed by atoms with Crippen LogP contribution in [0.25, 0.3) is 0 Å². The van der Waals surface area contributed by atoms with E-state index in [1.807, 2.05) is 20.0 Å². The minimum atomic E-state index is -0.388. The lowest BCUT2D eigenvalue weighted by Crippen LogP contribution is -2.07. The van der Waals surface area contributed by atoms with Crippen molar-refractivity contribution in [2.45, 2.75) is 26.5 Å². The van der Waals surface area contributed by atoms with Gasteiger partial charge >= 0.3 is 0 Å². The standard InChI is InChI=1S/C14H18FN3O/c1-3-11-7-12(18(2)17-11)9-19-14-10(8-16)5-4-6-13(14)15/h4-7H,3,8-9,16H2,1-2H3. The average Bonchev–Trinajstić information content (AvgIpc) is 2.77. The van der Waals surface area contributed by atoms with Gasteiger partial charge in [0.05, 0.1) is 11.4 Å². The highest BCUT2D eigenvalue weighted by Crippen LogP contribution is 2.23. The lowest BCUT2D eigenvalue weighted by molar-refractivity contribution is 0.277. The number of nitrogens with two attached hydrogens (primary N) is 1. The molecular weight excluding hydrogens is 245 g/mol. The first kappa shape index (κ1) is 13.5. The van der Waals surface area contributed by atoms with E-state index < -0.39 is 0 Å². The number of rotatable bonds is 5. The monoisotopic (exact) mass is 263 g/mol. The zero-order valence-corrected chi connectivity index (χ0v) is 11.2. The van der Waals surface area contributed by atoms with E-state index in [4.69, 9.17) is 10.5 Å². The lowest BCUT2D eigenvalue weighted by Gasteiger charge is -2.11. The molecule has 0 aliphatic carbocycles. The van der Waals surface area contributed by atoms with E-state index >= 15 is 0 Å². The molecule has 0 bridgehead atoms. The number of benzene rings is 1. The van der Waals surface area contributed by atoms with E-state index in [2.05, 4.69) is 5.10 Å². The zero-order valence-electron chi connectivity index (χ0n) is 11.2. The summed E-state index contributed by atoms with van der Waals surface area (Å²) < 4.78 is 21.0. The molecule has 0 saturated heterocycles. The number of para-hydroxylation sites is 1. The summed E-state index contributed by atoms with van der Waals surface area (Å²) in [7, 11) is 1.85. The number of aromatic nitrogens is 2. The molecule has 0 atom stereocenters. The summed E-state index contributed by atoms with van der Waals surface area (Å²) in [5, 5.41) is 4.32. The smallest absolute Gasteiger partial charge is 0.165 e. The fourth-order valence-electron chi connectivity index (χ4n) is 1.90. The molecule has 0 spiro atoms. The lowest BCUT2D eigenvalue weighted by atomic mass is 10.2. The van der Waals surface area contributed by atoms with Crippen LogP contribution in [0.5, 0.6) is 5.75 Å². The van der Waals surface area contributed by atoms with Crippen LogP contribution in [0.2, 0.25) is 0 Å². The van der Waals surface area contributed by atoms with Gasteiger partial charge in [-0.25, -0.2) is 4.39 Å². The Hall–Kier alpha value is -1.88. The van der Waals surface area contributed by atoms with Gasteiger partial charge in [-0.2, -0.15) is 5.10 Å². The van der Waals surface area contributed by atoms with Gasteiger partial charge < -0.3 is 10.5 Å². The van der Waals surface area contributed by atoms with Crippen LogP contribution in [-0.2, 0) is 26.6 Å². The molecule has 1 aromatic carbocycles. The first-order chi connectivity index (χ1) is 9.15. The predicted molar refractivity (Wildman–Crippen MR) is 71.2 cm³/mol. The number of ether oxygens (including phenoxy) is 1. The molecule has 1 aromatic heterocycles. The Kier molecular flexibility index (Phi) is 4.16. The van der Waals surface area contributed by atoms with Crippen LogP contribution < -0.4 is 10.5 Å². The molecule has 5 heteroatoms. The van der Waals surface area contributed by atoms with Gasteiger partial charge in [0, 0.05) is 19.2 Å². The summed E-state index contributed by atoms with van der Waals surface area (Å²) >= 11 is 0. The average molecular weight is 263 g/mol. The van der Waals surface area contributed by atoms with Crippen molar-refractivity contribution in [3.63, 3.8) is 0 Å². The van der Waals surface area contributed by atoms with Gasteiger partial charge in [-0.15, -0.1) is 0 Å². The molecule has 1 heterocycles. The van der Waals surface area contributed by atoms with Crippen LogP contribution in [0.15, 0.2) is 24.3 Å². The summed E-state index contributed by atoms with van der Waals surface area (Å²) in [6.07, 6.45) is 0.863. The summed E-state index contributed by atoms with van der Waals surface area (Å²) in [6, 6.07) is 6.72. The highest BCUT2D eigenvalue weighted by atomic mass is 19.1. The molecule has 102 valence electrons. The Morgan fingerprint density at radius 1 is 1.42 bits per heavy atom. The molecule has 2 N–H and O–H groups in total. The number of halogens is 1. The third-order valence-corrected chi connectivity index (χ3v) is 3.02. The topological polar surface area (TPSA) is 53.1 Å². The molecule has 2 rings (SSSR count). The van der Waals surface area contributed by atoms with Crippen LogP contribution in [0.3, 0.4) is 0 Å². The quantitative estimate of drug-likeness (QED) is 0.899. The normalized spacial score (nSPS) is 10.7. The maximum absolute atomic E-state index is 13.7. The third-order valence-electron chi connectivity index (χ3n) is 3.02. The maximum Gasteiger partial charge on any atom is 0.165 e. The van der Waals surface area contributed by atoms with Gasteiger partial charge in [-0.3, -0.25) is 4.68 Å². The molecule has 0 amide bonds. The van der Waals surface area contributed by atoms with E-state index in [0.29, 0.717) is 5.56 Å². The Balaban J connectivity index is 2.16. The van der Waals surface area contributed by atoms with E-state index in [1.54, 1.807) is 16.8 Å². The molecule has 19 heavy (non-hydrogen) atoms. The van der Waals surface area contributed by atoms with Gasteiger partial charge in [0.15, 0.2) is 11.6 Å². The molecule has 0 radical (unpaired) electrons. The first-order valence-electron chi connectivity index (χ1n) is 6.27. The maximum atomic E-state index is 13.7. The van der Waals surface area contributed by atoms with Gasteiger partial charge in [-0.1, -0.05) is 19.1 Å². The van der Waals surface area contributed by atoms with Crippen LogP contribution >= 0.6 is 0 Å². The molecule has 0 saturated carbocycles. The van der Waals surface area contributed by atoms with Gasteiger partial charge in [0.2, 0.25) is 0 Å². The molecule has 2 aromatic rings. The Labute approximate surface area is 112 Å². The van der Waals surface area contributed by atoms with Crippen molar-refractivity contribution >= 4 is 0 Å². The van der Waals surface area contributed by atoms with E-state index in [0.717, 1.165) is 17.8 Å². The summed E-state index contributed by atoms with van der Waals surface area (Å²) in [5.41, 5.74) is 8.14. The molecule has 4 nitrogen and oxygen atoms in total. The van der Waals surface area contributed by atoms with Crippen LogP contribution in [0, 0.1) is 5.82 Å². The molecule has 0 unspecified atom stereocenters. The Bertz CT molecular complexity index is 566. The number of hydrogen-bond donors (Lipinski definition) is 1. The Morgan fingerprint density at radius 2 is 2.21 bits per heavy atom. The largest absolute Gasteiger partial charge is 0.484 e. The van der Waals surface area contributed by atoms with Crippen molar-refractivity contribution in [1.29, 1.82) is 0 Å². The second-order valence-corrected chi connectivity index (χ2v) is 4.33. The van der Waals surface area contributed by atoms with Crippen molar-refractivity contribution in [3.05, 3.63) is 47.0 Å². The van der Waals surface area contributed by atoms with Gasteiger partial charge in [0.25, 0.3) is 0 Å². The molecule has 0 aliphatic heterocycles. The first-order valence-corrected chi connectivity index (χ1v) is 6.27. The summed E-state index contributed by atoms with van der Waals surface area (Å²) in [4.78, 5) is 0. The zero-order chi connectivity index (χ0) is 13.8. The third kappa shape index (κ3) is 2.93. The highest BCUT2D eigenvalue weighted by molar-refractivity contribution is 5.34. The van der Waals surface area contributed by atoms with Crippen LogP contribution in [0.4, 0.5) is 4.39 Å². The second-order valence-electron chi connectivity index (χ2n) is 4.33. The summed E-state index contributed by atoms with van der Waals surface area (Å²) in [5.74, 6) is -0.162. The predicted octanol–water partition coefficient (Wildman–Crippen LogP) is 2.16. The molecule has 0 aliphatic rings. The van der Waals surface area contributed by atoms with Crippen molar-refractivity contribution in [3.8, 4) is 5.75 Å². The number of nitrogens with zero attached hydrogens (tertiary/aromatic N) is 2. The van der Waals surface area contributed by atoms with Crippen molar-refractivity contribution < 1.29 is 9.13 Å². The van der Waals surface area contributed by atoms with Crippen molar-refractivity contribution in [2.75, 3.05) is 0 Å². The Morgan fingerprint density at radius 3 is 2.84 bits per heavy atom. The summed E-state index contributed by atoms with van der Waals surface area (Å²) in [6.45, 7) is 2.56. The van der Waals surface area contributed by atoms with Crippen LogP contribution in [0.1, 0.15) is 23.9 Å². The van der Waals surface area contributed by atoms with Crippen LogP contribution in [-0.4, -0.2) is 9.78 Å². The van der Waals surface area contributed by atoms with Crippen molar-refractivity contribution in [1.82, 2.24) is 9.78 Å². The van der Waals surface area contributed by atoms with E-state index in [-0.39, 0.29) is 24.7 Å². The van der Waals surface area contributed by atoms with Gasteiger partial charge in [-0.05, 0) is 18.6 Å². The highest BCUT2D eigenvalue weighted by Gasteiger charge is 2.10. The molecule has 0 fully saturated rings. The van der Waals surface area contributed by atoms with E-state index in [9.17, 15) is 4.39 Å². The molecular formula is C14H18FN3O. The minimum Gasteiger partial charge on any atom is -0.484 e. The fraction of sp³-hybridized carbons (Fsp3) is 0.357. The van der Waals surface area contributed by atoms with Gasteiger partial charge in [0.1, 0.15) is 6.61 Å². The number of hydrogen-bond acceptors (Lipinski definition) is 3. The van der Waals surface area contributed by atoms with E-state index in [1.165, 1.54) is 6.07 Å². The second kappa shape index (κ2) is 5.84. The minimum absolute atomic E-state index is 0.226. The van der Waals surface area contributed by atoms with Crippen molar-refractivity contribution in [2.24, 2.45) is 12.8 Å².